The molecule has 0 aromatic heterocycles. The molecule has 1 aromatic rings. The lowest BCUT2D eigenvalue weighted by atomic mass is 10.1. The number of nitrogens with one attached hydrogen (secondary N) is 1. The molecule has 1 aromatic carbocycles. The molecule has 25 heavy (non-hydrogen) atoms. The maximum absolute atomic E-state index is 12.4. The van der Waals surface area contributed by atoms with Crippen LogP contribution in [0.15, 0.2) is 30.3 Å². The quantitative estimate of drug-likeness (QED) is 0.635. The number of carbonyl (C=O) groups excluding carboxylic acids is 3. The number of hydrogen-bond donors (Lipinski definition) is 1. The maximum atomic E-state index is 12.4. The fourth-order valence-electron chi connectivity index (χ4n) is 2.92. The molecule has 1 atom stereocenters. The van der Waals surface area contributed by atoms with Crippen LogP contribution < -0.4 is 5.32 Å². The van der Waals surface area contributed by atoms with E-state index in [0.29, 0.717) is 31.3 Å². The summed E-state index contributed by atoms with van der Waals surface area (Å²) in [6.07, 6.45) is 5.44. The van der Waals surface area contributed by atoms with Crippen molar-refractivity contribution in [2.45, 2.75) is 32.2 Å². The number of carbonyl (C=O) groups is 3. The molecular formula is C19H22N2O4. The lowest BCUT2D eigenvalue weighted by molar-refractivity contribution is -0.137. The number of esters is 1. The van der Waals surface area contributed by atoms with Gasteiger partial charge >= 0.3 is 5.97 Å². The number of hydrogen-bond acceptors (Lipinski definition) is 4. The molecule has 0 spiro atoms. The van der Waals surface area contributed by atoms with Crippen LogP contribution in [0.25, 0.3) is 6.08 Å². The van der Waals surface area contributed by atoms with Crippen LogP contribution in [0.1, 0.15) is 31.7 Å². The van der Waals surface area contributed by atoms with E-state index >= 15 is 0 Å². The van der Waals surface area contributed by atoms with Gasteiger partial charge in [-0.05, 0) is 43.5 Å². The first-order valence-corrected chi connectivity index (χ1v) is 8.62. The van der Waals surface area contributed by atoms with Crippen LogP contribution in [-0.2, 0) is 19.1 Å². The molecule has 2 amide bonds. The molecule has 1 unspecified atom stereocenters. The predicted molar refractivity (Wildman–Crippen MR) is 93.6 cm³/mol. The minimum absolute atomic E-state index is 0.0853. The molecule has 132 valence electrons. The molecule has 3 rings (SSSR count). The largest absolute Gasteiger partial charge is 0.463 e. The Labute approximate surface area is 146 Å². The number of nitrogens with zero attached hydrogens (tertiary/aromatic N) is 1. The Hall–Kier alpha value is -2.63. The standard InChI is InChI=1S/C19H22N2O4/c1-2-25-18(23)10-5-13-3-6-15(7-4-13)20-19(24)14-11-17(22)21(12-14)16-8-9-16/h3-7,10,14,16H,2,8-9,11-12H2,1H3,(H,20,24). The zero-order valence-electron chi connectivity index (χ0n) is 14.2. The minimum atomic E-state index is -0.383. The molecule has 1 saturated heterocycles. The fourth-order valence-corrected chi connectivity index (χ4v) is 2.92. The zero-order valence-corrected chi connectivity index (χ0v) is 14.2. The van der Waals surface area contributed by atoms with Crippen molar-refractivity contribution >= 4 is 29.5 Å². The molecule has 1 aliphatic carbocycles. The number of ether oxygens (including phenoxy) is 1. The Kier molecular flexibility index (Phi) is 5.16. The van der Waals surface area contributed by atoms with Crippen molar-refractivity contribution in [2.75, 3.05) is 18.5 Å². The smallest absolute Gasteiger partial charge is 0.330 e. The molecular weight excluding hydrogens is 320 g/mol. The van der Waals surface area contributed by atoms with E-state index in [0.717, 1.165) is 18.4 Å². The van der Waals surface area contributed by atoms with Crippen LogP contribution in [0.3, 0.4) is 0 Å². The summed E-state index contributed by atoms with van der Waals surface area (Å²) < 4.78 is 4.82. The van der Waals surface area contributed by atoms with E-state index in [9.17, 15) is 14.4 Å². The van der Waals surface area contributed by atoms with E-state index in [1.807, 2.05) is 17.0 Å². The molecule has 0 radical (unpaired) electrons. The van der Waals surface area contributed by atoms with Crippen molar-refractivity contribution in [3.8, 4) is 0 Å². The van der Waals surface area contributed by atoms with Crippen LogP contribution in [-0.4, -0.2) is 41.9 Å². The van der Waals surface area contributed by atoms with Gasteiger partial charge in [0.15, 0.2) is 0 Å². The molecule has 1 N–H and O–H groups in total. The van der Waals surface area contributed by atoms with Crippen molar-refractivity contribution < 1.29 is 19.1 Å². The zero-order chi connectivity index (χ0) is 17.8. The van der Waals surface area contributed by atoms with Gasteiger partial charge in [0.1, 0.15) is 0 Å². The van der Waals surface area contributed by atoms with Gasteiger partial charge in [-0.1, -0.05) is 12.1 Å². The Morgan fingerprint density at radius 1 is 1.28 bits per heavy atom. The second-order valence-electron chi connectivity index (χ2n) is 6.37. The Balaban J connectivity index is 1.53. The molecule has 2 aliphatic rings. The molecule has 0 bridgehead atoms. The lowest BCUT2D eigenvalue weighted by Gasteiger charge is -2.15. The average molecular weight is 342 g/mol. The topological polar surface area (TPSA) is 75.7 Å². The van der Waals surface area contributed by atoms with Crippen LogP contribution in [0, 0.1) is 5.92 Å². The highest BCUT2D eigenvalue weighted by atomic mass is 16.5. The van der Waals surface area contributed by atoms with Gasteiger partial charge in [-0.3, -0.25) is 9.59 Å². The van der Waals surface area contributed by atoms with Gasteiger partial charge in [-0.15, -0.1) is 0 Å². The molecule has 1 heterocycles. The maximum Gasteiger partial charge on any atom is 0.330 e. The molecule has 6 nitrogen and oxygen atoms in total. The predicted octanol–water partition coefficient (Wildman–Crippen LogP) is 2.21. The monoisotopic (exact) mass is 342 g/mol. The fraction of sp³-hybridized carbons (Fsp3) is 0.421. The van der Waals surface area contributed by atoms with E-state index in [2.05, 4.69) is 5.32 Å². The number of anilines is 1. The normalized spacial score (nSPS) is 20.1. The second-order valence-corrected chi connectivity index (χ2v) is 6.37. The number of benzene rings is 1. The first-order valence-electron chi connectivity index (χ1n) is 8.62. The number of amides is 2. The molecule has 1 aliphatic heterocycles. The van der Waals surface area contributed by atoms with Crippen LogP contribution >= 0.6 is 0 Å². The van der Waals surface area contributed by atoms with E-state index in [1.165, 1.54) is 6.08 Å². The van der Waals surface area contributed by atoms with Gasteiger partial charge in [0.2, 0.25) is 11.8 Å². The Morgan fingerprint density at radius 3 is 2.64 bits per heavy atom. The van der Waals surface area contributed by atoms with Crippen molar-refractivity contribution in [1.29, 1.82) is 0 Å². The lowest BCUT2D eigenvalue weighted by Crippen LogP contribution is -2.29. The van der Waals surface area contributed by atoms with Crippen LogP contribution in [0.4, 0.5) is 5.69 Å². The second kappa shape index (κ2) is 7.51. The summed E-state index contributed by atoms with van der Waals surface area (Å²) in [5.41, 5.74) is 1.51. The van der Waals surface area contributed by atoms with E-state index in [-0.39, 0.29) is 23.7 Å². The third kappa shape index (κ3) is 4.47. The van der Waals surface area contributed by atoms with Gasteiger partial charge in [0, 0.05) is 30.8 Å². The summed E-state index contributed by atoms with van der Waals surface area (Å²) in [6, 6.07) is 7.52. The van der Waals surface area contributed by atoms with Gasteiger partial charge in [-0.2, -0.15) is 0 Å². The summed E-state index contributed by atoms with van der Waals surface area (Å²) in [5.74, 6) is -0.698. The Morgan fingerprint density at radius 2 is 2.00 bits per heavy atom. The van der Waals surface area contributed by atoms with Crippen molar-refractivity contribution in [3.63, 3.8) is 0 Å². The summed E-state index contributed by atoms with van der Waals surface area (Å²) in [4.78, 5) is 37.4. The van der Waals surface area contributed by atoms with Gasteiger partial charge in [0.25, 0.3) is 0 Å². The summed E-state index contributed by atoms with van der Waals surface area (Å²) in [5, 5.41) is 2.86. The van der Waals surface area contributed by atoms with E-state index in [1.54, 1.807) is 25.1 Å². The minimum Gasteiger partial charge on any atom is -0.463 e. The van der Waals surface area contributed by atoms with Crippen LogP contribution in [0.5, 0.6) is 0 Å². The highest BCUT2D eigenvalue weighted by Gasteiger charge is 2.41. The summed E-state index contributed by atoms with van der Waals surface area (Å²) in [6.45, 7) is 2.62. The highest BCUT2D eigenvalue weighted by molar-refractivity contribution is 5.97. The number of rotatable bonds is 6. The third-order valence-corrected chi connectivity index (χ3v) is 4.39. The molecule has 1 saturated carbocycles. The summed E-state index contributed by atoms with van der Waals surface area (Å²) in [7, 11) is 0. The van der Waals surface area contributed by atoms with Gasteiger partial charge in [-0.25, -0.2) is 4.79 Å². The molecule has 6 heteroatoms. The first-order chi connectivity index (χ1) is 12.1. The Bertz CT molecular complexity index is 692. The van der Waals surface area contributed by atoms with Crippen molar-refractivity contribution in [1.82, 2.24) is 4.90 Å². The highest BCUT2D eigenvalue weighted by Crippen LogP contribution is 2.32. The molecule has 2 fully saturated rings. The SMILES string of the molecule is CCOC(=O)C=Cc1ccc(NC(=O)C2CC(=O)N(C3CC3)C2)cc1. The van der Waals surface area contributed by atoms with Crippen molar-refractivity contribution in [2.24, 2.45) is 5.92 Å². The average Bonchev–Trinajstić information content (AvgIpc) is 3.36. The van der Waals surface area contributed by atoms with E-state index < -0.39 is 0 Å². The van der Waals surface area contributed by atoms with Crippen molar-refractivity contribution in [3.05, 3.63) is 35.9 Å². The number of likely N-dealkylation sites (tertiary alicyclic amines) is 1. The first kappa shape index (κ1) is 17.2. The van der Waals surface area contributed by atoms with Crippen LogP contribution in [0.2, 0.25) is 0 Å². The third-order valence-electron chi connectivity index (χ3n) is 4.39. The van der Waals surface area contributed by atoms with E-state index in [4.69, 9.17) is 4.74 Å². The van der Waals surface area contributed by atoms with Gasteiger partial charge in [0.05, 0.1) is 12.5 Å². The van der Waals surface area contributed by atoms with Gasteiger partial charge < -0.3 is 15.0 Å². The summed E-state index contributed by atoms with van der Waals surface area (Å²) >= 11 is 0.